The van der Waals surface area contributed by atoms with Gasteiger partial charge in [-0.3, -0.25) is 0 Å². The highest BCUT2D eigenvalue weighted by atomic mass is 19.1. The van der Waals surface area contributed by atoms with Crippen LogP contribution in [0.1, 0.15) is 12.5 Å². The molecule has 0 atom stereocenters. The van der Waals surface area contributed by atoms with Crippen molar-refractivity contribution in [3.63, 3.8) is 0 Å². The molecule has 2 nitrogen and oxygen atoms in total. The largest absolute Gasteiger partial charge is 0.399 e. The molecule has 0 heterocycles. The SMILES string of the molecule is CCc1ccccc1Nc1ccc(N)cc1F. The van der Waals surface area contributed by atoms with Gasteiger partial charge in [-0.15, -0.1) is 0 Å². The highest BCUT2D eigenvalue weighted by Gasteiger charge is 2.05. The van der Waals surface area contributed by atoms with Crippen molar-refractivity contribution in [3.05, 3.63) is 53.8 Å². The minimum atomic E-state index is -0.337. The first kappa shape index (κ1) is 11.5. The molecule has 0 saturated carbocycles. The second-order valence-corrected chi connectivity index (χ2v) is 3.87. The molecule has 3 N–H and O–H groups in total. The summed E-state index contributed by atoms with van der Waals surface area (Å²) in [6.07, 6.45) is 0.903. The second-order valence-electron chi connectivity index (χ2n) is 3.87. The number of nitrogen functional groups attached to an aromatic ring is 1. The number of hydrogen-bond donors (Lipinski definition) is 2. The predicted molar refractivity (Wildman–Crippen MR) is 69.9 cm³/mol. The van der Waals surface area contributed by atoms with Crippen LogP contribution in [-0.4, -0.2) is 0 Å². The summed E-state index contributed by atoms with van der Waals surface area (Å²) in [6.45, 7) is 2.07. The topological polar surface area (TPSA) is 38.0 Å². The first-order valence-corrected chi connectivity index (χ1v) is 5.60. The Kier molecular flexibility index (Phi) is 3.28. The minimum absolute atomic E-state index is 0.337. The van der Waals surface area contributed by atoms with Gasteiger partial charge in [0.1, 0.15) is 5.82 Å². The molecule has 0 spiro atoms. The average molecular weight is 230 g/mol. The fourth-order valence-corrected chi connectivity index (χ4v) is 1.73. The summed E-state index contributed by atoms with van der Waals surface area (Å²) in [5.74, 6) is -0.337. The van der Waals surface area contributed by atoms with Crippen LogP contribution >= 0.6 is 0 Å². The Balaban J connectivity index is 2.31. The smallest absolute Gasteiger partial charge is 0.148 e. The van der Waals surface area contributed by atoms with E-state index in [2.05, 4.69) is 12.2 Å². The van der Waals surface area contributed by atoms with Crippen LogP contribution in [0.3, 0.4) is 0 Å². The molecule has 0 aliphatic rings. The molecule has 0 amide bonds. The Labute approximate surface area is 100 Å². The molecule has 2 aromatic rings. The van der Waals surface area contributed by atoms with Gasteiger partial charge >= 0.3 is 0 Å². The lowest BCUT2D eigenvalue weighted by Crippen LogP contribution is -1.98. The van der Waals surface area contributed by atoms with Crippen molar-refractivity contribution < 1.29 is 4.39 Å². The molecular weight excluding hydrogens is 215 g/mol. The number of halogens is 1. The number of nitrogens with two attached hydrogens (primary N) is 1. The van der Waals surface area contributed by atoms with Crippen molar-refractivity contribution in [2.75, 3.05) is 11.1 Å². The van der Waals surface area contributed by atoms with Crippen LogP contribution in [0.25, 0.3) is 0 Å². The van der Waals surface area contributed by atoms with Gasteiger partial charge < -0.3 is 11.1 Å². The molecule has 0 radical (unpaired) electrons. The second kappa shape index (κ2) is 4.87. The van der Waals surface area contributed by atoms with Crippen molar-refractivity contribution in [3.8, 4) is 0 Å². The predicted octanol–water partition coefficient (Wildman–Crippen LogP) is 3.71. The van der Waals surface area contributed by atoms with E-state index in [1.54, 1.807) is 12.1 Å². The molecule has 0 aromatic heterocycles. The van der Waals surface area contributed by atoms with Crippen LogP contribution in [0, 0.1) is 5.82 Å². The number of para-hydroxylation sites is 1. The molecule has 0 aliphatic heterocycles. The molecular formula is C14H15FN2. The third-order valence-electron chi connectivity index (χ3n) is 2.66. The van der Waals surface area contributed by atoms with Gasteiger partial charge in [-0.25, -0.2) is 4.39 Å². The Bertz CT molecular complexity index is 523. The summed E-state index contributed by atoms with van der Waals surface area (Å²) in [5, 5.41) is 3.09. The maximum atomic E-state index is 13.6. The fourth-order valence-electron chi connectivity index (χ4n) is 1.73. The maximum Gasteiger partial charge on any atom is 0.148 e. The van der Waals surface area contributed by atoms with Crippen molar-refractivity contribution in [1.29, 1.82) is 0 Å². The van der Waals surface area contributed by atoms with Gasteiger partial charge in [-0.05, 0) is 36.2 Å². The van der Waals surface area contributed by atoms with E-state index in [0.717, 1.165) is 17.7 Å². The normalized spacial score (nSPS) is 10.2. The lowest BCUT2D eigenvalue weighted by Gasteiger charge is -2.11. The van der Waals surface area contributed by atoms with Crippen LogP contribution in [0.2, 0.25) is 0 Å². The number of rotatable bonds is 3. The van der Waals surface area contributed by atoms with Crippen molar-refractivity contribution in [1.82, 2.24) is 0 Å². The summed E-state index contributed by atoms with van der Waals surface area (Å²) >= 11 is 0. The van der Waals surface area contributed by atoms with Crippen LogP contribution in [-0.2, 0) is 6.42 Å². The third-order valence-corrected chi connectivity index (χ3v) is 2.66. The monoisotopic (exact) mass is 230 g/mol. The summed E-state index contributed by atoms with van der Waals surface area (Å²) in [4.78, 5) is 0. The van der Waals surface area contributed by atoms with Crippen molar-refractivity contribution >= 4 is 17.1 Å². The van der Waals surface area contributed by atoms with E-state index < -0.39 is 0 Å². The van der Waals surface area contributed by atoms with Gasteiger partial charge in [0.2, 0.25) is 0 Å². The lowest BCUT2D eigenvalue weighted by atomic mass is 10.1. The van der Waals surface area contributed by atoms with Crippen LogP contribution in [0.4, 0.5) is 21.5 Å². The first-order chi connectivity index (χ1) is 8.20. The maximum absolute atomic E-state index is 13.6. The molecule has 17 heavy (non-hydrogen) atoms. The highest BCUT2D eigenvalue weighted by molar-refractivity contribution is 5.65. The zero-order chi connectivity index (χ0) is 12.3. The number of hydrogen-bond acceptors (Lipinski definition) is 2. The summed E-state index contributed by atoms with van der Waals surface area (Å²) in [6, 6.07) is 12.5. The van der Waals surface area contributed by atoms with Gasteiger partial charge in [-0.1, -0.05) is 25.1 Å². The van der Waals surface area contributed by atoms with Gasteiger partial charge in [0, 0.05) is 11.4 Å². The fraction of sp³-hybridized carbons (Fsp3) is 0.143. The van der Waals surface area contributed by atoms with E-state index in [0.29, 0.717) is 11.4 Å². The molecule has 88 valence electrons. The van der Waals surface area contributed by atoms with Gasteiger partial charge in [0.15, 0.2) is 0 Å². The van der Waals surface area contributed by atoms with Crippen LogP contribution in [0.15, 0.2) is 42.5 Å². The van der Waals surface area contributed by atoms with Gasteiger partial charge in [0.25, 0.3) is 0 Å². The third kappa shape index (κ3) is 2.56. The van der Waals surface area contributed by atoms with E-state index >= 15 is 0 Å². The number of nitrogens with one attached hydrogen (secondary N) is 1. The van der Waals surface area contributed by atoms with Crippen LogP contribution in [0.5, 0.6) is 0 Å². The molecule has 0 bridgehead atoms. The zero-order valence-electron chi connectivity index (χ0n) is 9.70. The molecule has 0 saturated heterocycles. The number of benzene rings is 2. The molecule has 0 unspecified atom stereocenters. The Morgan fingerprint density at radius 3 is 2.59 bits per heavy atom. The van der Waals surface area contributed by atoms with E-state index in [9.17, 15) is 4.39 Å². The highest BCUT2D eigenvalue weighted by Crippen LogP contribution is 2.24. The number of anilines is 3. The summed E-state index contributed by atoms with van der Waals surface area (Å²) in [5.41, 5.74) is 8.47. The van der Waals surface area contributed by atoms with E-state index in [4.69, 9.17) is 5.73 Å². The lowest BCUT2D eigenvalue weighted by molar-refractivity contribution is 0.632. The molecule has 2 rings (SSSR count). The zero-order valence-corrected chi connectivity index (χ0v) is 9.70. The standard InChI is InChI=1S/C14H15FN2/c1-2-10-5-3-4-6-13(10)17-14-8-7-11(16)9-12(14)15/h3-9,17H,2,16H2,1H3. The molecule has 0 fully saturated rings. The van der Waals surface area contributed by atoms with Crippen molar-refractivity contribution in [2.45, 2.75) is 13.3 Å². The summed E-state index contributed by atoms with van der Waals surface area (Å²) in [7, 11) is 0. The number of aryl methyl sites for hydroxylation is 1. The quantitative estimate of drug-likeness (QED) is 0.789. The van der Waals surface area contributed by atoms with Crippen LogP contribution < -0.4 is 11.1 Å². The molecule has 3 heteroatoms. The van der Waals surface area contributed by atoms with Gasteiger partial charge in [-0.2, -0.15) is 0 Å². The average Bonchev–Trinajstić information content (AvgIpc) is 2.33. The van der Waals surface area contributed by atoms with E-state index in [-0.39, 0.29) is 5.82 Å². The molecule has 2 aromatic carbocycles. The first-order valence-electron chi connectivity index (χ1n) is 5.60. The minimum Gasteiger partial charge on any atom is -0.399 e. The Morgan fingerprint density at radius 1 is 1.12 bits per heavy atom. The molecule has 0 aliphatic carbocycles. The summed E-state index contributed by atoms with van der Waals surface area (Å²) < 4.78 is 13.6. The van der Waals surface area contributed by atoms with E-state index in [1.807, 2.05) is 24.3 Å². The van der Waals surface area contributed by atoms with Gasteiger partial charge in [0.05, 0.1) is 5.69 Å². The van der Waals surface area contributed by atoms with E-state index in [1.165, 1.54) is 6.07 Å². The Morgan fingerprint density at radius 2 is 1.88 bits per heavy atom. The Hall–Kier alpha value is -2.03. The van der Waals surface area contributed by atoms with Crippen molar-refractivity contribution in [2.24, 2.45) is 0 Å².